The number of aryl methyl sites for hydroxylation is 1. The molecular weight excluding hydrogens is 571 g/mol. The van der Waals surface area contributed by atoms with Crippen molar-refractivity contribution in [2.24, 2.45) is 10.4 Å². The molecule has 0 saturated carbocycles. The van der Waals surface area contributed by atoms with Gasteiger partial charge in [-0.1, -0.05) is 25.5 Å². The van der Waals surface area contributed by atoms with E-state index in [9.17, 15) is 23.2 Å². The number of anilines is 1. The number of benzene rings is 2. The zero-order valence-electron chi connectivity index (χ0n) is 26.5. The van der Waals surface area contributed by atoms with Gasteiger partial charge in [0.1, 0.15) is 11.9 Å². The number of hydrogen-bond acceptors (Lipinski definition) is 5. The molecule has 2 aromatic carbocycles. The lowest BCUT2D eigenvalue weighted by Crippen LogP contribution is -2.38. The Morgan fingerprint density at radius 2 is 1.91 bits per heavy atom. The first-order valence-electron chi connectivity index (χ1n) is 14.5. The number of allylic oxidation sites excluding steroid dienone is 1. The van der Waals surface area contributed by atoms with Gasteiger partial charge in [-0.05, 0) is 85.6 Å². The standard InChI is InChI=1S/C33H40F3N5O3/c1-20-13-22(15-24(14-20)33(34,35)36)29-21(2)41(31(42)44-29)18-23-17-32(3,4)12-11-26(23)27-16-25(9-10-28(27)43-8)40(7)30(38-19-37)39(5)6/h9-10,13-16,21,29H,11-12,17-18H2,1-8H3/t21-,29-/m0/s1. The van der Waals surface area contributed by atoms with E-state index in [1.165, 1.54) is 0 Å². The molecule has 0 aromatic heterocycles. The van der Waals surface area contributed by atoms with Crippen molar-refractivity contribution in [2.45, 2.75) is 65.3 Å². The van der Waals surface area contributed by atoms with Gasteiger partial charge in [-0.25, -0.2) is 4.79 Å². The molecule has 0 unspecified atom stereocenters. The summed E-state index contributed by atoms with van der Waals surface area (Å²) >= 11 is 0. The topological polar surface area (TPSA) is 81.4 Å². The minimum Gasteiger partial charge on any atom is -0.496 e. The Hall–Kier alpha value is -4.20. The molecule has 8 nitrogen and oxygen atoms in total. The molecule has 0 spiro atoms. The Morgan fingerprint density at radius 1 is 1.20 bits per heavy atom. The molecule has 1 aliphatic heterocycles. The Morgan fingerprint density at radius 3 is 2.52 bits per heavy atom. The predicted molar refractivity (Wildman–Crippen MR) is 164 cm³/mol. The smallest absolute Gasteiger partial charge is 0.416 e. The summed E-state index contributed by atoms with van der Waals surface area (Å²) < 4.78 is 52.2. The lowest BCUT2D eigenvalue weighted by Gasteiger charge is -2.36. The van der Waals surface area contributed by atoms with Crippen molar-refractivity contribution in [3.05, 3.63) is 64.2 Å². The lowest BCUT2D eigenvalue weighted by molar-refractivity contribution is -0.137. The van der Waals surface area contributed by atoms with Crippen LogP contribution < -0.4 is 9.64 Å². The minimum atomic E-state index is -4.50. The number of amides is 1. The number of methoxy groups -OCH3 is 1. The summed E-state index contributed by atoms with van der Waals surface area (Å²) in [6.07, 6.45) is -1.66. The van der Waals surface area contributed by atoms with Crippen LogP contribution in [-0.4, -0.2) is 62.7 Å². The molecule has 2 aromatic rings. The highest BCUT2D eigenvalue weighted by atomic mass is 19.4. The number of aliphatic imine (C=N–C) groups is 1. The van der Waals surface area contributed by atoms with Crippen molar-refractivity contribution in [1.82, 2.24) is 9.80 Å². The zero-order chi connectivity index (χ0) is 32.6. The maximum absolute atomic E-state index is 13.6. The van der Waals surface area contributed by atoms with Crippen LogP contribution in [0.3, 0.4) is 0 Å². The fraction of sp³-hybridized carbons (Fsp3) is 0.485. The van der Waals surface area contributed by atoms with Crippen molar-refractivity contribution in [2.75, 3.05) is 39.7 Å². The SMILES string of the molecule is COc1ccc(N(C)C(=NC#N)N(C)C)cc1C1=C(CN2C(=O)O[C@H](c3cc(C)cc(C(F)(F)F)c3)[C@@H]2C)CC(C)(C)CC1. The van der Waals surface area contributed by atoms with Crippen LogP contribution in [0.2, 0.25) is 0 Å². The van der Waals surface area contributed by atoms with Gasteiger partial charge < -0.3 is 19.3 Å². The number of rotatable bonds is 6. The monoisotopic (exact) mass is 611 g/mol. The van der Waals surface area contributed by atoms with Crippen LogP contribution in [0.4, 0.5) is 23.7 Å². The van der Waals surface area contributed by atoms with Crippen LogP contribution in [0.15, 0.2) is 47.0 Å². The quantitative estimate of drug-likeness (QED) is 0.192. The first kappa shape index (κ1) is 32.7. The van der Waals surface area contributed by atoms with Gasteiger partial charge in [-0.2, -0.15) is 18.4 Å². The molecule has 1 aliphatic carbocycles. The lowest BCUT2D eigenvalue weighted by atomic mass is 9.72. The van der Waals surface area contributed by atoms with Crippen LogP contribution >= 0.6 is 0 Å². The van der Waals surface area contributed by atoms with E-state index >= 15 is 0 Å². The molecule has 1 fully saturated rings. The zero-order valence-corrected chi connectivity index (χ0v) is 26.5. The number of ether oxygens (including phenoxy) is 2. The molecular formula is C33H40F3N5O3. The Kier molecular flexibility index (Phi) is 9.24. The predicted octanol–water partition coefficient (Wildman–Crippen LogP) is 7.40. The van der Waals surface area contributed by atoms with Gasteiger partial charge >= 0.3 is 12.3 Å². The third-order valence-electron chi connectivity index (χ3n) is 8.42. The summed E-state index contributed by atoms with van der Waals surface area (Å²) in [6, 6.07) is 9.10. The average molecular weight is 612 g/mol. The van der Waals surface area contributed by atoms with Crippen molar-refractivity contribution >= 4 is 23.3 Å². The number of cyclic esters (lactones) is 1. The third-order valence-corrected chi connectivity index (χ3v) is 8.42. The second kappa shape index (κ2) is 12.4. The van der Waals surface area contributed by atoms with E-state index in [0.717, 1.165) is 47.4 Å². The van der Waals surface area contributed by atoms with Gasteiger partial charge in [-0.3, -0.25) is 4.90 Å². The van der Waals surface area contributed by atoms with Gasteiger partial charge in [0.05, 0.1) is 18.7 Å². The summed E-state index contributed by atoms with van der Waals surface area (Å²) in [5.74, 6) is 1.14. The second-order valence-electron chi connectivity index (χ2n) is 12.6. The fourth-order valence-corrected chi connectivity index (χ4v) is 6.17. The number of halogens is 3. The highest BCUT2D eigenvalue weighted by Crippen LogP contribution is 2.46. The van der Waals surface area contributed by atoms with Crippen molar-refractivity contribution in [3.8, 4) is 11.9 Å². The molecule has 4 rings (SSSR count). The van der Waals surface area contributed by atoms with Crippen molar-refractivity contribution in [3.63, 3.8) is 0 Å². The summed E-state index contributed by atoms with van der Waals surface area (Å²) in [5, 5.41) is 9.23. The number of guanidine groups is 1. The van der Waals surface area contributed by atoms with Crippen LogP contribution in [0, 0.1) is 23.8 Å². The van der Waals surface area contributed by atoms with E-state index < -0.39 is 30.0 Å². The molecule has 2 aliphatic rings. The van der Waals surface area contributed by atoms with Gasteiger partial charge in [0, 0.05) is 38.9 Å². The second-order valence-corrected chi connectivity index (χ2v) is 12.6. The summed E-state index contributed by atoms with van der Waals surface area (Å²) in [4.78, 5) is 22.4. The molecule has 1 amide bonds. The Bertz CT molecular complexity index is 1520. The van der Waals surface area contributed by atoms with Crippen molar-refractivity contribution in [1.29, 1.82) is 5.26 Å². The molecule has 236 valence electrons. The fourth-order valence-electron chi connectivity index (χ4n) is 6.17. The minimum absolute atomic E-state index is 0.0254. The number of nitriles is 1. The Labute approximate surface area is 257 Å². The summed E-state index contributed by atoms with van der Waals surface area (Å²) in [6.45, 7) is 8.06. The van der Waals surface area contributed by atoms with Crippen LogP contribution in [0.1, 0.15) is 68.4 Å². The van der Waals surface area contributed by atoms with Crippen LogP contribution in [0.25, 0.3) is 5.57 Å². The third kappa shape index (κ3) is 6.79. The van der Waals surface area contributed by atoms with Crippen molar-refractivity contribution < 1.29 is 27.4 Å². The van der Waals surface area contributed by atoms with Gasteiger partial charge in [0.2, 0.25) is 12.2 Å². The van der Waals surface area contributed by atoms with E-state index in [0.29, 0.717) is 29.3 Å². The number of carbonyl (C=O) groups is 1. The largest absolute Gasteiger partial charge is 0.496 e. The van der Waals surface area contributed by atoms with Gasteiger partial charge in [0.15, 0.2) is 0 Å². The maximum atomic E-state index is 13.6. The normalized spacial score (nSPS) is 20.4. The van der Waals surface area contributed by atoms with Crippen LogP contribution in [0.5, 0.6) is 5.75 Å². The molecule has 0 N–H and O–H groups in total. The molecule has 2 atom stereocenters. The molecule has 0 bridgehead atoms. The highest BCUT2D eigenvalue weighted by molar-refractivity contribution is 5.96. The highest BCUT2D eigenvalue weighted by Gasteiger charge is 2.42. The van der Waals surface area contributed by atoms with E-state index in [4.69, 9.17) is 9.47 Å². The number of carbonyl (C=O) groups excluding carboxylic acids is 1. The van der Waals surface area contributed by atoms with Crippen LogP contribution in [-0.2, 0) is 10.9 Å². The summed E-state index contributed by atoms with van der Waals surface area (Å²) in [5.41, 5.74) is 3.76. The average Bonchev–Trinajstić information content (AvgIpc) is 3.22. The maximum Gasteiger partial charge on any atom is 0.416 e. The molecule has 0 radical (unpaired) electrons. The number of alkyl halides is 3. The van der Waals surface area contributed by atoms with Gasteiger partial charge in [0.25, 0.3) is 0 Å². The summed E-state index contributed by atoms with van der Waals surface area (Å²) in [7, 11) is 7.06. The van der Waals surface area contributed by atoms with E-state index in [1.54, 1.807) is 29.9 Å². The molecule has 1 saturated heterocycles. The Balaban J connectivity index is 1.75. The van der Waals surface area contributed by atoms with Gasteiger partial charge in [-0.15, -0.1) is 4.99 Å². The first-order chi connectivity index (χ1) is 20.6. The molecule has 11 heteroatoms. The van der Waals surface area contributed by atoms with E-state index in [2.05, 4.69) is 18.8 Å². The first-order valence-corrected chi connectivity index (χ1v) is 14.5. The number of nitrogens with zero attached hydrogens (tertiary/aromatic N) is 5. The van der Waals surface area contributed by atoms with E-state index in [1.807, 2.05) is 57.4 Å². The molecule has 1 heterocycles. The number of hydrogen-bond donors (Lipinski definition) is 0. The van der Waals surface area contributed by atoms with E-state index in [-0.39, 0.29) is 12.0 Å². The molecule has 44 heavy (non-hydrogen) atoms.